The first-order valence-electron chi connectivity index (χ1n) is 7.21. The van der Waals surface area contributed by atoms with E-state index in [0.717, 1.165) is 57.2 Å². The lowest BCUT2D eigenvalue weighted by molar-refractivity contribution is -0.130. The predicted octanol–water partition coefficient (Wildman–Crippen LogP) is 0.963. The van der Waals surface area contributed by atoms with E-state index in [9.17, 15) is 4.79 Å². The first kappa shape index (κ1) is 14.7. The van der Waals surface area contributed by atoms with E-state index in [2.05, 4.69) is 27.1 Å². The van der Waals surface area contributed by atoms with Crippen LogP contribution < -0.4 is 5.32 Å². The number of anilines is 1. The number of nitrogens with one attached hydrogen (secondary N) is 1. The van der Waals surface area contributed by atoms with E-state index < -0.39 is 0 Å². The standard InChI is InChI=1S/C14H23N5O/c1-3-4-15-14-10-16-13(9-17-14)11-18-5-7-19(8-6-18)12(2)20/h9-10H,3-8,11H2,1-2H3,(H,15,17). The van der Waals surface area contributed by atoms with Crippen LogP contribution in [-0.2, 0) is 11.3 Å². The molecular weight excluding hydrogens is 254 g/mol. The molecule has 20 heavy (non-hydrogen) atoms. The molecule has 0 atom stereocenters. The molecule has 1 N–H and O–H groups in total. The van der Waals surface area contributed by atoms with E-state index in [1.807, 2.05) is 11.1 Å². The maximum atomic E-state index is 11.3. The van der Waals surface area contributed by atoms with Gasteiger partial charge in [0, 0.05) is 46.2 Å². The lowest BCUT2D eigenvalue weighted by atomic mass is 10.3. The second kappa shape index (κ2) is 7.19. The first-order chi connectivity index (χ1) is 9.69. The Kier molecular flexibility index (Phi) is 5.29. The highest BCUT2D eigenvalue weighted by molar-refractivity contribution is 5.73. The number of amides is 1. The molecule has 1 amide bonds. The number of aromatic nitrogens is 2. The minimum absolute atomic E-state index is 0.163. The van der Waals surface area contributed by atoms with E-state index >= 15 is 0 Å². The van der Waals surface area contributed by atoms with E-state index in [4.69, 9.17) is 0 Å². The fraction of sp³-hybridized carbons (Fsp3) is 0.643. The molecule has 0 radical (unpaired) electrons. The van der Waals surface area contributed by atoms with Crippen molar-refractivity contribution in [3.63, 3.8) is 0 Å². The molecule has 1 aliphatic rings. The van der Waals surface area contributed by atoms with Crippen molar-refractivity contribution >= 4 is 11.7 Å². The molecule has 1 aromatic rings. The summed E-state index contributed by atoms with van der Waals surface area (Å²) in [6.45, 7) is 8.87. The molecule has 1 aliphatic heterocycles. The third-order valence-electron chi connectivity index (χ3n) is 3.46. The topological polar surface area (TPSA) is 61.4 Å². The van der Waals surface area contributed by atoms with Crippen molar-refractivity contribution in [1.29, 1.82) is 0 Å². The number of piperazine rings is 1. The summed E-state index contributed by atoms with van der Waals surface area (Å²) in [4.78, 5) is 24.3. The Bertz CT molecular complexity index is 426. The zero-order valence-electron chi connectivity index (χ0n) is 12.3. The van der Waals surface area contributed by atoms with Gasteiger partial charge >= 0.3 is 0 Å². The number of hydrogen-bond acceptors (Lipinski definition) is 5. The fourth-order valence-electron chi connectivity index (χ4n) is 2.23. The van der Waals surface area contributed by atoms with Gasteiger partial charge in [0.15, 0.2) is 0 Å². The Morgan fingerprint density at radius 3 is 2.55 bits per heavy atom. The Morgan fingerprint density at radius 1 is 1.25 bits per heavy atom. The minimum Gasteiger partial charge on any atom is -0.369 e. The predicted molar refractivity (Wildman–Crippen MR) is 78.3 cm³/mol. The highest BCUT2D eigenvalue weighted by Crippen LogP contribution is 2.08. The van der Waals surface area contributed by atoms with Crippen LogP contribution in [0.4, 0.5) is 5.82 Å². The van der Waals surface area contributed by atoms with Gasteiger partial charge in [-0.05, 0) is 6.42 Å². The molecular formula is C14H23N5O. The normalized spacial score (nSPS) is 16.2. The molecule has 110 valence electrons. The summed E-state index contributed by atoms with van der Waals surface area (Å²) in [7, 11) is 0. The maximum absolute atomic E-state index is 11.3. The van der Waals surface area contributed by atoms with Gasteiger partial charge in [-0.1, -0.05) is 6.92 Å². The van der Waals surface area contributed by atoms with Crippen molar-refractivity contribution in [2.24, 2.45) is 0 Å². The largest absolute Gasteiger partial charge is 0.369 e. The summed E-state index contributed by atoms with van der Waals surface area (Å²) in [6, 6.07) is 0. The van der Waals surface area contributed by atoms with Gasteiger partial charge in [-0.3, -0.25) is 14.7 Å². The zero-order chi connectivity index (χ0) is 14.4. The van der Waals surface area contributed by atoms with E-state index in [1.165, 1.54) is 0 Å². The van der Waals surface area contributed by atoms with Crippen LogP contribution in [0.15, 0.2) is 12.4 Å². The number of hydrogen-bond donors (Lipinski definition) is 1. The summed E-state index contributed by atoms with van der Waals surface area (Å²) < 4.78 is 0. The molecule has 0 aliphatic carbocycles. The average molecular weight is 277 g/mol. The molecule has 2 rings (SSSR count). The molecule has 0 bridgehead atoms. The smallest absolute Gasteiger partial charge is 0.219 e. The Balaban J connectivity index is 1.80. The number of nitrogens with zero attached hydrogens (tertiary/aromatic N) is 4. The van der Waals surface area contributed by atoms with Crippen LogP contribution in [-0.4, -0.2) is 58.4 Å². The van der Waals surface area contributed by atoms with Gasteiger partial charge in [-0.25, -0.2) is 4.98 Å². The maximum Gasteiger partial charge on any atom is 0.219 e. The summed E-state index contributed by atoms with van der Waals surface area (Å²) in [6.07, 6.45) is 4.69. The Morgan fingerprint density at radius 2 is 2.00 bits per heavy atom. The molecule has 0 unspecified atom stereocenters. The summed E-state index contributed by atoms with van der Waals surface area (Å²) >= 11 is 0. The molecule has 1 aromatic heterocycles. The third kappa shape index (κ3) is 4.16. The quantitative estimate of drug-likeness (QED) is 0.868. The molecule has 0 saturated carbocycles. The van der Waals surface area contributed by atoms with Crippen LogP contribution in [0.5, 0.6) is 0 Å². The second-order valence-electron chi connectivity index (χ2n) is 5.10. The number of rotatable bonds is 5. The summed E-state index contributed by atoms with van der Waals surface area (Å²) in [5.74, 6) is 0.993. The van der Waals surface area contributed by atoms with Crippen LogP contribution in [0, 0.1) is 0 Å². The Hall–Kier alpha value is -1.69. The van der Waals surface area contributed by atoms with Gasteiger partial charge in [0.05, 0.1) is 18.1 Å². The van der Waals surface area contributed by atoms with E-state index in [-0.39, 0.29) is 5.91 Å². The molecule has 1 fully saturated rings. The van der Waals surface area contributed by atoms with Crippen molar-refractivity contribution in [2.75, 3.05) is 38.0 Å². The van der Waals surface area contributed by atoms with Crippen molar-refractivity contribution in [3.05, 3.63) is 18.1 Å². The lowest BCUT2D eigenvalue weighted by Gasteiger charge is -2.33. The monoisotopic (exact) mass is 277 g/mol. The third-order valence-corrected chi connectivity index (χ3v) is 3.46. The first-order valence-corrected chi connectivity index (χ1v) is 7.21. The van der Waals surface area contributed by atoms with Crippen LogP contribution in [0.1, 0.15) is 26.0 Å². The lowest BCUT2D eigenvalue weighted by Crippen LogP contribution is -2.47. The molecule has 0 spiro atoms. The molecule has 0 aromatic carbocycles. The van der Waals surface area contributed by atoms with Gasteiger partial charge in [0.2, 0.25) is 5.91 Å². The van der Waals surface area contributed by atoms with Crippen molar-refractivity contribution in [2.45, 2.75) is 26.8 Å². The van der Waals surface area contributed by atoms with E-state index in [0.29, 0.717) is 0 Å². The van der Waals surface area contributed by atoms with Gasteiger partial charge in [-0.15, -0.1) is 0 Å². The Labute approximate surface area is 120 Å². The summed E-state index contributed by atoms with van der Waals surface area (Å²) in [5, 5.41) is 3.21. The van der Waals surface area contributed by atoms with Crippen LogP contribution in [0.3, 0.4) is 0 Å². The average Bonchev–Trinajstić information content (AvgIpc) is 2.47. The van der Waals surface area contributed by atoms with Gasteiger partial charge in [0.25, 0.3) is 0 Å². The highest BCUT2D eigenvalue weighted by atomic mass is 16.2. The van der Waals surface area contributed by atoms with Gasteiger partial charge in [-0.2, -0.15) is 0 Å². The van der Waals surface area contributed by atoms with Crippen molar-refractivity contribution < 1.29 is 4.79 Å². The van der Waals surface area contributed by atoms with Crippen LogP contribution in [0.25, 0.3) is 0 Å². The summed E-state index contributed by atoms with van der Waals surface area (Å²) in [5.41, 5.74) is 0.975. The fourth-order valence-corrected chi connectivity index (χ4v) is 2.23. The molecule has 1 saturated heterocycles. The second-order valence-corrected chi connectivity index (χ2v) is 5.10. The zero-order valence-corrected chi connectivity index (χ0v) is 12.3. The van der Waals surface area contributed by atoms with Gasteiger partial charge in [0.1, 0.15) is 5.82 Å². The van der Waals surface area contributed by atoms with Gasteiger partial charge < -0.3 is 10.2 Å². The van der Waals surface area contributed by atoms with Crippen LogP contribution in [0.2, 0.25) is 0 Å². The molecule has 6 nitrogen and oxygen atoms in total. The van der Waals surface area contributed by atoms with Crippen LogP contribution >= 0.6 is 0 Å². The molecule has 2 heterocycles. The SMILES string of the molecule is CCCNc1cnc(CN2CCN(C(C)=O)CC2)cn1. The molecule has 6 heteroatoms. The highest BCUT2D eigenvalue weighted by Gasteiger charge is 2.18. The minimum atomic E-state index is 0.163. The number of carbonyl (C=O) groups is 1. The number of carbonyl (C=O) groups excluding carboxylic acids is 1. The van der Waals surface area contributed by atoms with E-state index in [1.54, 1.807) is 13.1 Å². The van der Waals surface area contributed by atoms with Crippen molar-refractivity contribution in [3.8, 4) is 0 Å². The van der Waals surface area contributed by atoms with Crippen molar-refractivity contribution in [1.82, 2.24) is 19.8 Å².